The van der Waals surface area contributed by atoms with E-state index in [4.69, 9.17) is 9.47 Å². The van der Waals surface area contributed by atoms with Crippen molar-refractivity contribution in [2.75, 3.05) is 43.1 Å². The molecule has 1 aromatic carbocycles. The van der Waals surface area contributed by atoms with Gasteiger partial charge in [-0.25, -0.2) is 9.37 Å². The summed E-state index contributed by atoms with van der Waals surface area (Å²) >= 11 is 0. The summed E-state index contributed by atoms with van der Waals surface area (Å²) in [6, 6.07) is 10.3. The summed E-state index contributed by atoms with van der Waals surface area (Å²) in [5.41, 5.74) is 4.54. The number of carbonyl (C=O) groups is 1. The Balaban J connectivity index is 1.63. The maximum Gasteiger partial charge on any atom is 0.255 e. The van der Waals surface area contributed by atoms with Crippen LogP contribution in [0.1, 0.15) is 28.5 Å². The second-order valence-corrected chi connectivity index (χ2v) is 8.45. The zero-order valence-electron chi connectivity index (χ0n) is 19.8. The number of aliphatic hydroxyl groups excluding tert-OH is 1. The number of carbonyl (C=O) groups excluding carboxylic acids is 1. The van der Waals surface area contributed by atoms with Crippen molar-refractivity contribution in [1.82, 2.24) is 9.97 Å². The molecule has 184 valence electrons. The molecule has 1 aliphatic rings. The van der Waals surface area contributed by atoms with Gasteiger partial charge in [0.25, 0.3) is 5.91 Å². The zero-order valence-corrected chi connectivity index (χ0v) is 19.8. The van der Waals surface area contributed by atoms with Gasteiger partial charge in [0.15, 0.2) is 0 Å². The Morgan fingerprint density at radius 1 is 1.23 bits per heavy atom. The molecule has 9 heteroatoms. The van der Waals surface area contributed by atoms with Gasteiger partial charge in [0.2, 0.25) is 5.88 Å². The van der Waals surface area contributed by atoms with Crippen molar-refractivity contribution in [3.8, 4) is 17.0 Å². The van der Waals surface area contributed by atoms with Crippen LogP contribution in [0.5, 0.6) is 5.88 Å². The average molecular weight is 481 g/mol. The number of benzene rings is 1. The molecule has 3 aromatic rings. The minimum Gasteiger partial charge on any atom is -0.473 e. The number of nitrogens with one attached hydrogen (secondary N) is 1. The van der Waals surface area contributed by atoms with E-state index in [0.717, 1.165) is 22.5 Å². The van der Waals surface area contributed by atoms with Gasteiger partial charge in [-0.15, -0.1) is 0 Å². The van der Waals surface area contributed by atoms with Gasteiger partial charge in [-0.05, 0) is 43.7 Å². The highest BCUT2D eigenvalue weighted by Gasteiger charge is 2.19. The average Bonchev–Trinajstić information content (AvgIpc) is 2.89. The summed E-state index contributed by atoms with van der Waals surface area (Å²) in [6.45, 7) is 5.64. The van der Waals surface area contributed by atoms with Crippen LogP contribution >= 0.6 is 0 Å². The summed E-state index contributed by atoms with van der Waals surface area (Å²) in [5.74, 6) is 0.102. The fraction of sp³-hybridized carbons (Fsp3) is 0.346. The first-order chi connectivity index (χ1) is 16.9. The molecule has 2 aromatic heterocycles. The van der Waals surface area contributed by atoms with Crippen LogP contribution in [0.3, 0.4) is 0 Å². The number of pyridine rings is 2. The number of hydrogen-bond donors (Lipinski definition) is 2. The quantitative estimate of drug-likeness (QED) is 0.507. The highest BCUT2D eigenvalue weighted by atomic mass is 19.1. The highest BCUT2D eigenvalue weighted by molar-refractivity contribution is 6.04. The molecule has 1 fully saturated rings. The van der Waals surface area contributed by atoms with Crippen molar-refractivity contribution in [3.63, 3.8) is 0 Å². The number of alkyl halides is 1. The number of hydrogen-bond acceptors (Lipinski definition) is 7. The van der Waals surface area contributed by atoms with Crippen LogP contribution in [-0.4, -0.2) is 60.0 Å². The van der Waals surface area contributed by atoms with Crippen LogP contribution in [0.15, 0.2) is 48.8 Å². The van der Waals surface area contributed by atoms with E-state index in [9.17, 15) is 14.3 Å². The molecule has 0 aliphatic carbocycles. The van der Waals surface area contributed by atoms with Crippen molar-refractivity contribution in [3.05, 3.63) is 65.6 Å². The van der Waals surface area contributed by atoms with E-state index in [0.29, 0.717) is 49.0 Å². The maximum absolute atomic E-state index is 13.0. The molecule has 1 aliphatic heterocycles. The molecular formula is C26H29FN4O4. The third-order valence-corrected chi connectivity index (χ3v) is 5.64. The van der Waals surface area contributed by atoms with Gasteiger partial charge in [0, 0.05) is 41.7 Å². The SMILES string of the molecule is Cc1ncc(NC(=O)c2cccc(CF)c2)cc1-c1cnc(OC[C@H](C)O)c(N2CCOCC2)c1. The Bertz CT molecular complexity index is 1180. The molecule has 4 rings (SSSR count). The van der Waals surface area contributed by atoms with Crippen LogP contribution < -0.4 is 15.0 Å². The van der Waals surface area contributed by atoms with Crippen molar-refractivity contribution < 1.29 is 23.8 Å². The molecule has 0 saturated carbocycles. The van der Waals surface area contributed by atoms with Crippen LogP contribution in [0.2, 0.25) is 0 Å². The Labute approximate surface area is 203 Å². The van der Waals surface area contributed by atoms with Gasteiger partial charge >= 0.3 is 0 Å². The van der Waals surface area contributed by atoms with E-state index in [1.165, 1.54) is 6.07 Å². The summed E-state index contributed by atoms with van der Waals surface area (Å²) in [5, 5.41) is 12.5. The standard InChI is InChI=1S/C26H29FN4O4/c1-17(32)16-35-26-24(31-6-8-34-9-7-31)11-21(14-29-26)23-12-22(15-28-18(23)2)30-25(33)20-5-3-4-19(10-20)13-27/h3-5,10-12,14-15,17,32H,6-9,13,16H2,1-2H3,(H,30,33)/t17-/m0/s1. The second kappa shape index (κ2) is 11.2. The molecule has 0 unspecified atom stereocenters. The number of aromatic nitrogens is 2. The number of nitrogens with zero attached hydrogens (tertiary/aromatic N) is 3. The van der Waals surface area contributed by atoms with Gasteiger partial charge in [0.1, 0.15) is 19.0 Å². The lowest BCUT2D eigenvalue weighted by molar-refractivity contribution is 0.102. The third-order valence-electron chi connectivity index (χ3n) is 5.64. The predicted molar refractivity (Wildman–Crippen MR) is 132 cm³/mol. The number of ether oxygens (including phenoxy) is 2. The first-order valence-electron chi connectivity index (χ1n) is 11.5. The normalized spacial score (nSPS) is 14.5. The molecule has 2 N–H and O–H groups in total. The van der Waals surface area contributed by atoms with Crippen LogP contribution in [0.4, 0.5) is 15.8 Å². The Morgan fingerprint density at radius 3 is 2.77 bits per heavy atom. The number of morpholine rings is 1. The van der Waals surface area contributed by atoms with Gasteiger partial charge in [-0.3, -0.25) is 9.78 Å². The van der Waals surface area contributed by atoms with Crippen LogP contribution in [-0.2, 0) is 11.4 Å². The lowest BCUT2D eigenvalue weighted by Crippen LogP contribution is -2.36. The number of anilines is 2. The van der Waals surface area contributed by atoms with Crippen molar-refractivity contribution in [2.24, 2.45) is 0 Å². The molecule has 0 bridgehead atoms. The Hall–Kier alpha value is -3.56. The smallest absolute Gasteiger partial charge is 0.255 e. The predicted octanol–water partition coefficient (Wildman–Crippen LogP) is 3.77. The van der Waals surface area contributed by atoms with Gasteiger partial charge in [0.05, 0.1) is 31.2 Å². The molecule has 35 heavy (non-hydrogen) atoms. The lowest BCUT2D eigenvalue weighted by atomic mass is 10.0. The van der Waals surface area contributed by atoms with Gasteiger partial charge in [-0.2, -0.15) is 0 Å². The Morgan fingerprint density at radius 2 is 2.03 bits per heavy atom. The number of halogens is 1. The van der Waals surface area contributed by atoms with E-state index in [1.807, 2.05) is 19.1 Å². The monoisotopic (exact) mass is 480 g/mol. The fourth-order valence-electron chi connectivity index (χ4n) is 3.82. The molecule has 1 saturated heterocycles. The van der Waals surface area contributed by atoms with E-state index < -0.39 is 12.8 Å². The summed E-state index contributed by atoms with van der Waals surface area (Å²) < 4.78 is 24.2. The summed E-state index contributed by atoms with van der Waals surface area (Å²) in [4.78, 5) is 23.9. The molecule has 0 radical (unpaired) electrons. The minimum absolute atomic E-state index is 0.134. The van der Waals surface area contributed by atoms with E-state index in [-0.39, 0.29) is 12.5 Å². The largest absolute Gasteiger partial charge is 0.473 e. The summed E-state index contributed by atoms with van der Waals surface area (Å²) in [7, 11) is 0. The highest BCUT2D eigenvalue weighted by Crippen LogP contribution is 2.34. The number of aryl methyl sites for hydroxylation is 1. The maximum atomic E-state index is 13.0. The number of amides is 1. The van der Waals surface area contributed by atoms with E-state index in [2.05, 4.69) is 20.2 Å². The van der Waals surface area contributed by atoms with E-state index >= 15 is 0 Å². The van der Waals surface area contributed by atoms with Crippen molar-refractivity contribution >= 4 is 17.3 Å². The fourth-order valence-corrected chi connectivity index (χ4v) is 3.82. The van der Waals surface area contributed by atoms with Crippen molar-refractivity contribution in [2.45, 2.75) is 26.6 Å². The third kappa shape index (κ3) is 6.12. The molecule has 1 atom stereocenters. The molecular weight excluding hydrogens is 451 g/mol. The first-order valence-corrected chi connectivity index (χ1v) is 11.5. The topological polar surface area (TPSA) is 96.8 Å². The van der Waals surface area contributed by atoms with Gasteiger partial charge in [-0.1, -0.05) is 12.1 Å². The zero-order chi connectivity index (χ0) is 24.8. The van der Waals surface area contributed by atoms with Crippen molar-refractivity contribution in [1.29, 1.82) is 0 Å². The van der Waals surface area contributed by atoms with Crippen LogP contribution in [0, 0.1) is 6.92 Å². The van der Waals surface area contributed by atoms with Crippen LogP contribution in [0.25, 0.3) is 11.1 Å². The number of aliphatic hydroxyl groups is 1. The lowest BCUT2D eigenvalue weighted by Gasteiger charge is -2.30. The minimum atomic E-state index is -0.632. The Kier molecular flexibility index (Phi) is 7.89. The number of rotatable bonds is 8. The van der Waals surface area contributed by atoms with Gasteiger partial charge < -0.3 is 24.8 Å². The molecule has 8 nitrogen and oxygen atoms in total. The molecule has 1 amide bonds. The summed E-state index contributed by atoms with van der Waals surface area (Å²) in [6.07, 6.45) is 2.67. The van der Waals surface area contributed by atoms with E-state index in [1.54, 1.807) is 37.5 Å². The first kappa shape index (κ1) is 24.6. The molecule has 3 heterocycles. The molecule has 0 spiro atoms. The second-order valence-electron chi connectivity index (χ2n) is 8.45.